The van der Waals surface area contributed by atoms with E-state index in [1.165, 1.54) is 0 Å². The van der Waals surface area contributed by atoms with Crippen LogP contribution in [0, 0.1) is 5.92 Å². The summed E-state index contributed by atoms with van der Waals surface area (Å²) in [5.74, 6) is 0.565. The lowest BCUT2D eigenvalue weighted by atomic mass is 9.98. The number of nitrogens with zero attached hydrogens (tertiary/aromatic N) is 2. The van der Waals surface area contributed by atoms with Crippen molar-refractivity contribution in [1.29, 1.82) is 0 Å². The monoisotopic (exact) mass is 182 g/mol. The van der Waals surface area contributed by atoms with Crippen molar-refractivity contribution in [2.75, 3.05) is 0 Å². The van der Waals surface area contributed by atoms with Crippen LogP contribution in [-0.4, -0.2) is 14.9 Å². The summed E-state index contributed by atoms with van der Waals surface area (Å²) in [5.41, 5.74) is 0.919. The Hall–Kier alpha value is -0.830. The quantitative estimate of drug-likeness (QED) is 0.772. The van der Waals surface area contributed by atoms with Gasteiger partial charge in [0.15, 0.2) is 0 Å². The van der Waals surface area contributed by atoms with Crippen LogP contribution >= 0.6 is 0 Å². The fourth-order valence-electron chi connectivity index (χ4n) is 1.30. The minimum Gasteiger partial charge on any atom is -0.388 e. The van der Waals surface area contributed by atoms with E-state index in [9.17, 15) is 5.11 Å². The highest BCUT2D eigenvalue weighted by Gasteiger charge is 2.12. The summed E-state index contributed by atoms with van der Waals surface area (Å²) in [4.78, 5) is 0. The number of hydrogen-bond donors (Lipinski definition) is 1. The molecule has 13 heavy (non-hydrogen) atoms. The lowest BCUT2D eigenvalue weighted by Gasteiger charge is -2.12. The minimum absolute atomic E-state index is 0.358. The van der Waals surface area contributed by atoms with E-state index in [0.29, 0.717) is 5.92 Å². The third-order valence-corrected chi connectivity index (χ3v) is 2.43. The summed E-state index contributed by atoms with van der Waals surface area (Å²) >= 11 is 0. The van der Waals surface area contributed by atoms with Gasteiger partial charge in [-0.15, -0.1) is 0 Å². The van der Waals surface area contributed by atoms with E-state index < -0.39 is 0 Å². The second kappa shape index (κ2) is 4.42. The van der Waals surface area contributed by atoms with Gasteiger partial charge in [0.05, 0.1) is 12.3 Å². The van der Waals surface area contributed by atoms with Gasteiger partial charge in [0.25, 0.3) is 0 Å². The predicted molar refractivity (Wildman–Crippen MR) is 52.2 cm³/mol. The first-order valence-corrected chi connectivity index (χ1v) is 4.80. The van der Waals surface area contributed by atoms with Crippen molar-refractivity contribution in [2.45, 2.75) is 32.8 Å². The van der Waals surface area contributed by atoms with Crippen LogP contribution in [0.15, 0.2) is 12.4 Å². The standard InChI is InChI=1S/C10H18N2O/c1-4-8(2)5-10(13)9-6-11-12(3)7-9/h6-8,10,13H,4-5H2,1-3H3. The fourth-order valence-corrected chi connectivity index (χ4v) is 1.30. The molecule has 0 aliphatic heterocycles. The van der Waals surface area contributed by atoms with E-state index in [4.69, 9.17) is 0 Å². The SMILES string of the molecule is CCC(C)CC(O)c1cnn(C)c1. The molecule has 1 aromatic heterocycles. The van der Waals surface area contributed by atoms with Gasteiger partial charge >= 0.3 is 0 Å². The van der Waals surface area contributed by atoms with Gasteiger partial charge in [-0.3, -0.25) is 4.68 Å². The molecular weight excluding hydrogens is 164 g/mol. The Labute approximate surface area is 79.4 Å². The van der Waals surface area contributed by atoms with Crippen LogP contribution in [0.3, 0.4) is 0 Å². The lowest BCUT2D eigenvalue weighted by Crippen LogP contribution is -2.02. The van der Waals surface area contributed by atoms with Gasteiger partial charge in [0.2, 0.25) is 0 Å². The van der Waals surface area contributed by atoms with Gasteiger partial charge < -0.3 is 5.11 Å². The summed E-state index contributed by atoms with van der Waals surface area (Å²) < 4.78 is 1.72. The predicted octanol–water partition coefficient (Wildman–Crippen LogP) is 1.89. The number of aliphatic hydroxyl groups excluding tert-OH is 1. The normalized spacial score (nSPS) is 15.7. The van der Waals surface area contributed by atoms with E-state index in [2.05, 4.69) is 18.9 Å². The largest absolute Gasteiger partial charge is 0.388 e. The highest BCUT2D eigenvalue weighted by atomic mass is 16.3. The minimum atomic E-state index is -0.358. The van der Waals surface area contributed by atoms with Crippen molar-refractivity contribution in [3.8, 4) is 0 Å². The van der Waals surface area contributed by atoms with Gasteiger partial charge in [0.1, 0.15) is 0 Å². The second-order valence-corrected chi connectivity index (χ2v) is 3.71. The average molecular weight is 182 g/mol. The van der Waals surface area contributed by atoms with Crippen LogP contribution in [0.4, 0.5) is 0 Å². The second-order valence-electron chi connectivity index (χ2n) is 3.71. The molecule has 0 bridgehead atoms. The molecule has 3 nitrogen and oxygen atoms in total. The highest BCUT2D eigenvalue weighted by molar-refractivity contribution is 5.07. The molecule has 1 N–H and O–H groups in total. The molecule has 0 saturated carbocycles. The van der Waals surface area contributed by atoms with Crippen LogP contribution in [0.2, 0.25) is 0 Å². The molecule has 0 spiro atoms. The van der Waals surface area contributed by atoms with Crippen LogP contribution < -0.4 is 0 Å². The number of aromatic nitrogens is 2. The van der Waals surface area contributed by atoms with Crippen LogP contribution in [0.5, 0.6) is 0 Å². The number of hydrogen-bond acceptors (Lipinski definition) is 2. The summed E-state index contributed by atoms with van der Waals surface area (Å²) in [6.45, 7) is 4.29. The smallest absolute Gasteiger partial charge is 0.0823 e. The van der Waals surface area contributed by atoms with Crippen molar-refractivity contribution < 1.29 is 5.11 Å². The summed E-state index contributed by atoms with van der Waals surface area (Å²) in [7, 11) is 1.86. The van der Waals surface area contributed by atoms with Gasteiger partial charge in [-0.2, -0.15) is 5.10 Å². The van der Waals surface area contributed by atoms with E-state index in [-0.39, 0.29) is 6.10 Å². The van der Waals surface area contributed by atoms with E-state index in [0.717, 1.165) is 18.4 Å². The van der Waals surface area contributed by atoms with E-state index in [1.54, 1.807) is 10.9 Å². The molecule has 0 saturated heterocycles. The fraction of sp³-hybridized carbons (Fsp3) is 0.700. The first-order valence-electron chi connectivity index (χ1n) is 4.80. The Morgan fingerprint density at radius 2 is 2.31 bits per heavy atom. The first-order chi connectivity index (χ1) is 6.13. The molecular formula is C10H18N2O. The van der Waals surface area contributed by atoms with Crippen LogP contribution in [-0.2, 0) is 7.05 Å². The van der Waals surface area contributed by atoms with Gasteiger partial charge in [-0.05, 0) is 12.3 Å². The summed E-state index contributed by atoms with van der Waals surface area (Å²) in [6, 6.07) is 0. The molecule has 0 aromatic carbocycles. The molecule has 1 aromatic rings. The molecule has 1 rings (SSSR count). The summed E-state index contributed by atoms with van der Waals surface area (Å²) in [5, 5.41) is 13.8. The first kappa shape index (κ1) is 10.3. The van der Waals surface area contributed by atoms with E-state index >= 15 is 0 Å². The number of rotatable bonds is 4. The topological polar surface area (TPSA) is 38.1 Å². The molecule has 2 unspecified atom stereocenters. The third kappa shape index (κ3) is 2.84. The molecule has 0 fully saturated rings. The maximum Gasteiger partial charge on any atom is 0.0823 e. The zero-order chi connectivity index (χ0) is 9.84. The van der Waals surface area contributed by atoms with Gasteiger partial charge in [-0.1, -0.05) is 20.3 Å². The molecule has 0 aliphatic carbocycles. The van der Waals surface area contributed by atoms with Crippen LogP contribution in [0.25, 0.3) is 0 Å². The number of aliphatic hydroxyl groups is 1. The average Bonchev–Trinajstić information content (AvgIpc) is 2.51. The summed E-state index contributed by atoms with van der Waals surface area (Å²) in [6.07, 6.45) is 5.17. The Bertz CT molecular complexity index is 257. The molecule has 3 heteroatoms. The zero-order valence-electron chi connectivity index (χ0n) is 8.57. The molecule has 0 aliphatic rings. The van der Waals surface area contributed by atoms with Gasteiger partial charge in [0, 0.05) is 18.8 Å². The Balaban J connectivity index is 2.53. The third-order valence-electron chi connectivity index (χ3n) is 2.43. The Kier molecular flexibility index (Phi) is 3.48. The van der Waals surface area contributed by atoms with Crippen molar-refractivity contribution in [3.63, 3.8) is 0 Å². The molecule has 1 heterocycles. The van der Waals surface area contributed by atoms with Crippen molar-refractivity contribution in [2.24, 2.45) is 13.0 Å². The van der Waals surface area contributed by atoms with Crippen molar-refractivity contribution in [1.82, 2.24) is 9.78 Å². The number of aryl methyl sites for hydroxylation is 1. The van der Waals surface area contributed by atoms with Gasteiger partial charge in [-0.25, -0.2) is 0 Å². The molecule has 0 radical (unpaired) electrons. The van der Waals surface area contributed by atoms with Crippen LogP contribution in [0.1, 0.15) is 38.4 Å². The molecule has 2 atom stereocenters. The maximum atomic E-state index is 9.78. The molecule has 0 amide bonds. The van der Waals surface area contributed by atoms with E-state index in [1.807, 2.05) is 13.2 Å². The lowest BCUT2D eigenvalue weighted by molar-refractivity contribution is 0.146. The maximum absolute atomic E-state index is 9.78. The zero-order valence-corrected chi connectivity index (χ0v) is 8.57. The van der Waals surface area contributed by atoms with Crippen molar-refractivity contribution in [3.05, 3.63) is 18.0 Å². The van der Waals surface area contributed by atoms with Crippen molar-refractivity contribution >= 4 is 0 Å². The highest BCUT2D eigenvalue weighted by Crippen LogP contribution is 2.21. The molecule has 74 valence electrons. The Morgan fingerprint density at radius 3 is 2.77 bits per heavy atom. The Morgan fingerprint density at radius 1 is 1.62 bits per heavy atom.